The summed E-state index contributed by atoms with van der Waals surface area (Å²) in [6, 6.07) is 2.06. The Bertz CT molecular complexity index is 329. The van der Waals surface area contributed by atoms with Crippen molar-refractivity contribution in [3.05, 3.63) is 23.8 Å². The molecule has 84 valence electrons. The first-order chi connectivity index (χ1) is 7.16. The number of hydrogen-bond acceptors (Lipinski definition) is 3. The zero-order valence-electron chi connectivity index (χ0n) is 8.30. The first-order valence-corrected chi connectivity index (χ1v) is 4.54. The second-order valence-electron chi connectivity index (χ2n) is 2.75. The Kier molecular flexibility index (Phi) is 4.30. The van der Waals surface area contributed by atoms with Crippen molar-refractivity contribution in [2.75, 3.05) is 19.8 Å². The predicted octanol–water partition coefficient (Wildman–Crippen LogP) is 2.09. The molecule has 0 amide bonds. The van der Waals surface area contributed by atoms with E-state index in [1.165, 1.54) is 6.07 Å². The summed E-state index contributed by atoms with van der Waals surface area (Å²) < 4.78 is 35.4. The van der Waals surface area contributed by atoms with Crippen LogP contribution in [0, 0.1) is 11.6 Å². The molecule has 0 atom stereocenters. The van der Waals surface area contributed by atoms with Gasteiger partial charge in [-0.15, -0.1) is 0 Å². The van der Waals surface area contributed by atoms with Crippen LogP contribution in [-0.4, -0.2) is 24.9 Å². The van der Waals surface area contributed by atoms with Gasteiger partial charge >= 0.3 is 0 Å². The number of benzene rings is 1. The minimum Gasteiger partial charge on any atom is -0.502 e. The monoisotopic (exact) mass is 218 g/mol. The van der Waals surface area contributed by atoms with Crippen LogP contribution < -0.4 is 4.74 Å². The van der Waals surface area contributed by atoms with Gasteiger partial charge in [0.1, 0.15) is 6.61 Å². The molecule has 0 radical (unpaired) electrons. The van der Waals surface area contributed by atoms with Crippen LogP contribution in [0.3, 0.4) is 0 Å². The topological polar surface area (TPSA) is 38.7 Å². The van der Waals surface area contributed by atoms with Gasteiger partial charge in [-0.25, -0.2) is 4.39 Å². The second-order valence-corrected chi connectivity index (χ2v) is 2.75. The quantitative estimate of drug-likeness (QED) is 0.769. The van der Waals surface area contributed by atoms with Crippen LogP contribution in [0.1, 0.15) is 6.92 Å². The molecule has 0 spiro atoms. The Hall–Kier alpha value is -1.36. The van der Waals surface area contributed by atoms with E-state index in [0.29, 0.717) is 13.2 Å². The molecular weight excluding hydrogens is 206 g/mol. The average Bonchev–Trinajstić information content (AvgIpc) is 2.24. The summed E-state index contributed by atoms with van der Waals surface area (Å²) in [7, 11) is 0. The van der Waals surface area contributed by atoms with Crippen molar-refractivity contribution in [1.82, 2.24) is 0 Å². The fourth-order valence-corrected chi connectivity index (χ4v) is 0.994. The lowest BCUT2D eigenvalue weighted by molar-refractivity contribution is 0.108. The molecule has 1 aromatic rings. The molecule has 0 aliphatic heterocycles. The fraction of sp³-hybridized carbons (Fsp3) is 0.400. The average molecular weight is 218 g/mol. The van der Waals surface area contributed by atoms with Gasteiger partial charge in [0.25, 0.3) is 0 Å². The Morgan fingerprint density at radius 3 is 2.67 bits per heavy atom. The van der Waals surface area contributed by atoms with E-state index in [1.54, 1.807) is 0 Å². The maximum atomic E-state index is 12.8. The highest BCUT2D eigenvalue weighted by Gasteiger charge is 2.12. The summed E-state index contributed by atoms with van der Waals surface area (Å²) in [6.45, 7) is 2.88. The molecule has 5 heteroatoms. The maximum absolute atomic E-state index is 12.8. The SMILES string of the molecule is CCOCCOc1ccc(F)c(F)c1O. The molecule has 1 rings (SSSR count). The van der Waals surface area contributed by atoms with Crippen LogP contribution in [-0.2, 0) is 4.74 Å². The second kappa shape index (κ2) is 5.50. The van der Waals surface area contributed by atoms with Crippen molar-refractivity contribution in [2.24, 2.45) is 0 Å². The number of halogens is 2. The van der Waals surface area contributed by atoms with Gasteiger partial charge in [0.15, 0.2) is 17.3 Å². The highest BCUT2D eigenvalue weighted by Crippen LogP contribution is 2.30. The summed E-state index contributed by atoms with van der Waals surface area (Å²) in [4.78, 5) is 0. The van der Waals surface area contributed by atoms with Crippen molar-refractivity contribution < 1.29 is 23.4 Å². The van der Waals surface area contributed by atoms with Crippen LogP contribution in [0.2, 0.25) is 0 Å². The summed E-state index contributed by atoms with van der Waals surface area (Å²) in [5.41, 5.74) is 0. The lowest BCUT2D eigenvalue weighted by atomic mass is 10.3. The zero-order valence-corrected chi connectivity index (χ0v) is 8.30. The molecule has 0 saturated carbocycles. The number of phenols is 1. The van der Waals surface area contributed by atoms with E-state index in [0.717, 1.165) is 6.07 Å². The van der Waals surface area contributed by atoms with Gasteiger partial charge in [0.05, 0.1) is 6.61 Å². The van der Waals surface area contributed by atoms with E-state index in [-0.39, 0.29) is 12.4 Å². The third kappa shape index (κ3) is 3.06. The molecule has 0 fully saturated rings. The van der Waals surface area contributed by atoms with Gasteiger partial charge in [0.2, 0.25) is 5.82 Å². The third-order valence-electron chi connectivity index (χ3n) is 1.72. The molecular formula is C10H12F2O3. The summed E-state index contributed by atoms with van der Waals surface area (Å²) in [5.74, 6) is -3.31. The summed E-state index contributed by atoms with van der Waals surface area (Å²) in [5, 5.41) is 9.15. The fourth-order valence-electron chi connectivity index (χ4n) is 0.994. The van der Waals surface area contributed by atoms with Crippen LogP contribution in [0.4, 0.5) is 8.78 Å². The Balaban J connectivity index is 2.58. The van der Waals surface area contributed by atoms with Crippen molar-refractivity contribution in [2.45, 2.75) is 6.92 Å². The lowest BCUT2D eigenvalue weighted by Crippen LogP contribution is -2.06. The van der Waals surface area contributed by atoms with Gasteiger partial charge in [-0.2, -0.15) is 4.39 Å². The van der Waals surface area contributed by atoms with E-state index >= 15 is 0 Å². The summed E-state index contributed by atoms with van der Waals surface area (Å²) in [6.07, 6.45) is 0. The highest BCUT2D eigenvalue weighted by atomic mass is 19.2. The van der Waals surface area contributed by atoms with Crippen molar-refractivity contribution in [3.8, 4) is 11.5 Å². The molecule has 0 heterocycles. The standard InChI is InChI=1S/C10H12F2O3/c1-2-14-5-6-15-8-4-3-7(11)9(12)10(8)13/h3-4,13H,2,5-6H2,1H3. The minimum absolute atomic E-state index is 0.0893. The molecule has 1 N–H and O–H groups in total. The van der Waals surface area contributed by atoms with E-state index in [2.05, 4.69) is 0 Å². The van der Waals surface area contributed by atoms with Crippen molar-refractivity contribution in [1.29, 1.82) is 0 Å². The van der Waals surface area contributed by atoms with Gasteiger partial charge in [0, 0.05) is 6.61 Å². The predicted molar refractivity (Wildman–Crippen MR) is 50.0 cm³/mol. The molecule has 0 aromatic heterocycles. The third-order valence-corrected chi connectivity index (χ3v) is 1.72. The van der Waals surface area contributed by atoms with E-state index in [1.807, 2.05) is 6.92 Å². The van der Waals surface area contributed by atoms with Crippen molar-refractivity contribution >= 4 is 0 Å². The number of aromatic hydroxyl groups is 1. The number of ether oxygens (including phenoxy) is 2. The van der Waals surface area contributed by atoms with Gasteiger partial charge in [-0.05, 0) is 19.1 Å². The van der Waals surface area contributed by atoms with E-state index in [9.17, 15) is 8.78 Å². The molecule has 0 unspecified atom stereocenters. The van der Waals surface area contributed by atoms with E-state index < -0.39 is 17.4 Å². The maximum Gasteiger partial charge on any atom is 0.204 e. The first kappa shape index (κ1) is 11.7. The molecule has 0 aliphatic rings. The van der Waals surface area contributed by atoms with Gasteiger partial charge in [-0.1, -0.05) is 0 Å². The Morgan fingerprint density at radius 2 is 2.00 bits per heavy atom. The number of phenolic OH excluding ortho intramolecular Hbond substituents is 1. The van der Waals surface area contributed by atoms with Crippen LogP contribution in [0.25, 0.3) is 0 Å². The number of hydrogen-bond donors (Lipinski definition) is 1. The Morgan fingerprint density at radius 1 is 1.27 bits per heavy atom. The number of rotatable bonds is 5. The van der Waals surface area contributed by atoms with Gasteiger partial charge in [-0.3, -0.25) is 0 Å². The molecule has 0 saturated heterocycles. The first-order valence-electron chi connectivity index (χ1n) is 4.54. The summed E-state index contributed by atoms with van der Waals surface area (Å²) >= 11 is 0. The molecule has 3 nitrogen and oxygen atoms in total. The Labute approximate surface area is 86.2 Å². The zero-order chi connectivity index (χ0) is 11.3. The van der Waals surface area contributed by atoms with Crippen LogP contribution >= 0.6 is 0 Å². The molecule has 15 heavy (non-hydrogen) atoms. The highest BCUT2D eigenvalue weighted by molar-refractivity contribution is 5.40. The minimum atomic E-state index is -1.30. The smallest absolute Gasteiger partial charge is 0.204 e. The molecule has 1 aromatic carbocycles. The van der Waals surface area contributed by atoms with Crippen LogP contribution in [0.15, 0.2) is 12.1 Å². The lowest BCUT2D eigenvalue weighted by Gasteiger charge is -2.08. The molecule has 0 bridgehead atoms. The molecule has 0 aliphatic carbocycles. The van der Waals surface area contributed by atoms with E-state index in [4.69, 9.17) is 14.6 Å². The largest absolute Gasteiger partial charge is 0.502 e. The normalized spacial score (nSPS) is 10.3. The van der Waals surface area contributed by atoms with Crippen molar-refractivity contribution in [3.63, 3.8) is 0 Å². The van der Waals surface area contributed by atoms with Gasteiger partial charge < -0.3 is 14.6 Å². The van der Waals surface area contributed by atoms with Crippen LogP contribution in [0.5, 0.6) is 11.5 Å².